The average molecular weight is 349 g/mol. The maximum absolute atomic E-state index is 12.7. The van der Waals surface area contributed by atoms with Crippen LogP contribution < -0.4 is 19.7 Å². The quantitative estimate of drug-likeness (QED) is 0.744. The minimum absolute atomic E-state index is 0.203. The van der Waals surface area contributed by atoms with E-state index in [1.165, 1.54) is 0 Å². The van der Waals surface area contributed by atoms with Crippen LogP contribution in [0, 0.1) is 0 Å². The first-order valence-corrected chi connectivity index (χ1v) is 8.14. The predicted molar refractivity (Wildman–Crippen MR) is 95.8 cm³/mol. The number of benzene rings is 2. The summed E-state index contributed by atoms with van der Waals surface area (Å²) >= 11 is 0. The van der Waals surface area contributed by atoms with Gasteiger partial charge >= 0.3 is 6.03 Å². The van der Waals surface area contributed by atoms with E-state index in [1.54, 1.807) is 18.3 Å². The number of anilines is 1. The fourth-order valence-corrected chi connectivity index (χ4v) is 3.38. The van der Waals surface area contributed by atoms with Crippen LogP contribution in [0.4, 0.5) is 10.5 Å². The van der Waals surface area contributed by atoms with Gasteiger partial charge in [0.25, 0.3) is 0 Å². The summed E-state index contributed by atoms with van der Waals surface area (Å²) in [6.45, 7) is 0.203. The Hall–Kier alpha value is -3.55. The second-order valence-electron chi connectivity index (χ2n) is 6.03. The van der Waals surface area contributed by atoms with E-state index in [2.05, 4.69) is 20.3 Å². The number of aromatic nitrogens is 2. The zero-order valence-electron chi connectivity index (χ0n) is 13.9. The number of aromatic amines is 1. The van der Waals surface area contributed by atoms with Crippen LogP contribution >= 0.6 is 0 Å². The lowest BCUT2D eigenvalue weighted by Gasteiger charge is -2.23. The van der Waals surface area contributed by atoms with E-state index in [1.807, 2.05) is 36.4 Å². The van der Waals surface area contributed by atoms with E-state index in [4.69, 9.17) is 9.47 Å². The second-order valence-corrected chi connectivity index (χ2v) is 6.03. The molecule has 0 radical (unpaired) electrons. The minimum Gasteiger partial charge on any atom is -0.454 e. The van der Waals surface area contributed by atoms with Gasteiger partial charge in [0.15, 0.2) is 11.5 Å². The molecule has 5 rings (SSSR count). The lowest BCUT2D eigenvalue weighted by molar-refractivity contribution is 0.174. The summed E-state index contributed by atoms with van der Waals surface area (Å²) in [5.41, 5.74) is 3.33. The number of carbonyl (C=O) groups excluding carboxylic acids is 1. The van der Waals surface area contributed by atoms with Crippen LogP contribution in [0.5, 0.6) is 11.5 Å². The largest absolute Gasteiger partial charge is 0.454 e. The molecule has 0 spiro atoms. The van der Waals surface area contributed by atoms with Gasteiger partial charge in [-0.25, -0.2) is 9.78 Å². The van der Waals surface area contributed by atoms with Crippen LogP contribution in [0.1, 0.15) is 11.6 Å². The minimum atomic E-state index is -0.376. The highest BCUT2D eigenvalue weighted by molar-refractivity contribution is 6.16. The molecule has 8 heteroatoms. The molecule has 130 valence electrons. The summed E-state index contributed by atoms with van der Waals surface area (Å²) in [4.78, 5) is 26.0. The Morgan fingerprint density at radius 1 is 1.19 bits per heavy atom. The Labute approximate surface area is 148 Å². The number of urea groups is 1. The van der Waals surface area contributed by atoms with Gasteiger partial charge in [0.05, 0.1) is 17.4 Å². The molecule has 2 aliphatic rings. The number of H-pyrrole nitrogens is 1. The average Bonchev–Trinajstić information content (AvgIpc) is 3.37. The van der Waals surface area contributed by atoms with Gasteiger partial charge in [-0.1, -0.05) is 6.07 Å². The number of carbonyl (C=O) groups is 1. The molecule has 1 fully saturated rings. The Bertz CT molecular complexity index is 1060. The number of amidine groups is 1. The molecule has 1 atom stereocenters. The lowest BCUT2D eigenvalue weighted by Crippen LogP contribution is -2.29. The number of hydrogen-bond donors (Lipinski definition) is 2. The summed E-state index contributed by atoms with van der Waals surface area (Å²) in [5.74, 6) is 1.95. The molecule has 8 nitrogen and oxygen atoms in total. The van der Waals surface area contributed by atoms with Gasteiger partial charge in [-0.3, -0.25) is 15.2 Å². The number of fused-ring (bicyclic) bond motifs is 2. The second kappa shape index (κ2) is 5.48. The van der Waals surface area contributed by atoms with Gasteiger partial charge in [0.2, 0.25) is 6.79 Å². The first-order chi connectivity index (χ1) is 12.7. The van der Waals surface area contributed by atoms with Crippen LogP contribution in [-0.4, -0.2) is 35.7 Å². The third kappa shape index (κ3) is 2.12. The van der Waals surface area contributed by atoms with E-state index in [0.29, 0.717) is 17.3 Å². The van der Waals surface area contributed by atoms with Crippen molar-refractivity contribution in [1.29, 1.82) is 0 Å². The molecule has 3 aromatic rings. The fraction of sp³-hybridized carbons (Fsp3) is 0.167. The number of hydrogen-bond acceptors (Lipinski definition) is 5. The molecular formula is C18H15N5O3. The molecule has 2 N–H and O–H groups in total. The van der Waals surface area contributed by atoms with Crippen molar-refractivity contribution in [2.45, 2.75) is 6.04 Å². The molecule has 0 aliphatic carbocycles. The molecule has 0 bridgehead atoms. The van der Waals surface area contributed by atoms with Gasteiger partial charge in [0.1, 0.15) is 11.9 Å². The summed E-state index contributed by atoms with van der Waals surface area (Å²) in [6.07, 6.45) is 1.63. The number of ether oxygens (including phenoxy) is 2. The van der Waals surface area contributed by atoms with Crippen molar-refractivity contribution in [2.75, 3.05) is 18.7 Å². The number of imidazole rings is 1. The van der Waals surface area contributed by atoms with Gasteiger partial charge < -0.3 is 14.5 Å². The number of nitrogens with zero attached hydrogens (tertiary/aromatic N) is 3. The molecule has 26 heavy (non-hydrogen) atoms. The van der Waals surface area contributed by atoms with E-state index < -0.39 is 0 Å². The summed E-state index contributed by atoms with van der Waals surface area (Å²) in [7, 11) is 1.66. The first kappa shape index (κ1) is 14.8. The molecule has 2 aliphatic heterocycles. The van der Waals surface area contributed by atoms with Gasteiger partial charge in [0, 0.05) is 12.7 Å². The molecule has 3 heterocycles. The topological polar surface area (TPSA) is 91.8 Å². The third-order valence-electron chi connectivity index (χ3n) is 4.61. The van der Waals surface area contributed by atoms with Crippen LogP contribution in [0.25, 0.3) is 11.0 Å². The van der Waals surface area contributed by atoms with Crippen LogP contribution in [-0.2, 0) is 0 Å². The summed E-state index contributed by atoms with van der Waals surface area (Å²) in [5, 5.41) is 2.85. The Morgan fingerprint density at radius 3 is 2.96 bits per heavy atom. The van der Waals surface area contributed by atoms with Crippen molar-refractivity contribution in [1.82, 2.24) is 15.3 Å². The lowest BCUT2D eigenvalue weighted by atomic mass is 10.0. The molecule has 1 saturated heterocycles. The maximum Gasteiger partial charge on any atom is 0.328 e. The summed E-state index contributed by atoms with van der Waals surface area (Å²) < 4.78 is 10.9. The molecule has 1 aromatic heterocycles. The number of nitrogens with one attached hydrogen (secondary N) is 2. The number of amides is 2. The predicted octanol–water partition coefficient (Wildman–Crippen LogP) is 2.59. The molecular weight excluding hydrogens is 334 g/mol. The maximum atomic E-state index is 12.7. The monoisotopic (exact) mass is 349 g/mol. The van der Waals surface area contributed by atoms with Crippen LogP contribution in [0.15, 0.2) is 47.7 Å². The van der Waals surface area contributed by atoms with E-state index in [0.717, 1.165) is 22.3 Å². The Balaban J connectivity index is 1.63. The Morgan fingerprint density at radius 2 is 2.08 bits per heavy atom. The highest BCUT2D eigenvalue weighted by Gasteiger charge is 2.39. The van der Waals surface area contributed by atoms with E-state index in [9.17, 15) is 4.79 Å². The zero-order valence-corrected chi connectivity index (χ0v) is 13.9. The fourth-order valence-electron chi connectivity index (χ4n) is 3.38. The van der Waals surface area contributed by atoms with Crippen LogP contribution in [0.2, 0.25) is 0 Å². The third-order valence-corrected chi connectivity index (χ3v) is 4.61. The highest BCUT2D eigenvalue weighted by Crippen LogP contribution is 2.38. The summed E-state index contributed by atoms with van der Waals surface area (Å²) in [6, 6.07) is 10.7. The standard InChI is InChI=1S/C18H15N5O3/c1-19-17-16(10-2-5-14-15(6-10)26-9-25-14)23(18(24)22-17)11-3-4-12-13(7-11)21-8-20-12/h2-8,16H,9H2,1H3,(H,20,21)(H,19,22,24). The Kier molecular flexibility index (Phi) is 3.11. The van der Waals surface area contributed by atoms with Gasteiger partial charge in [-0.05, 0) is 35.9 Å². The van der Waals surface area contributed by atoms with E-state index in [-0.39, 0.29) is 18.9 Å². The zero-order chi connectivity index (χ0) is 17.7. The molecule has 2 amide bonds. The highest BCUT2D eigenvalue weighted by atomic mass is 16.7. The molecule has 1 unspecified atom stereocenters. The van der Waals surface area contributed by atoms with Crippen molar-refractivity contribution < 1.29 is 14.3 Å². The van der Waals surface area contributed by atoms with Crippen molar-refractivity contribution in [3.05, 3.63) is 48.3 Å². The van der Waals surface area contributed by atoms with Crippen molar-refractivity contribution in [3.8, 4) is 11.5 Å². The first-order valence-electron chi connectivity index (χ1n) is 8.14. The van der Waals surface area contributed by atoms with Crippen molar-refractivity contribution in [2.24, 2.45) is 4.99 Å². The van der Waals surface area contributed by atoms with E-state index >= 15 is 0 Å². The van der Waals surface area contributed by atoms with Crippen LogP contribution in [0.3, 0.4) is 0 Å². The van der Waals surface area contributed by atoms with Crippen molar-refractivity contribution >= 4 is 28.6 Å². The SMILES string of the molecule is C/N=C1/NC(=O)N(c2ccc3[nH]cnc3c2)C1c1ccc2c(c1)OCO2. The molecule has 0 saturated carbocycles. The number of rotatable bonds is 2. The van der Waals surface area contributed by atoms with Crippen molar-refractivity contribution in [3.63, 3.8) is 0 Å². The number of aliphatic imine (C=N–C) groups is 1. The normalized spacial score (nSPS) is 20.2. The van der Waals surface area contributed by atoms with Gasteiger partial charge in [-0.15, -0.1) is 0 Å². The molecule has 2 aromatic carbocycles. The smallest absolute Gasteiger partial charge is 0.328 e. The van der Waals surface area contributed by atoms with Gasteiger partial charge in [-0.2, -0.15) is 0 Å².